The number of ether oxygens (including phenoxy) is 3. The van der Waals surface area contributed by atoms with Crippen LogP contribution in [0, 0.1) is 0 Å². The molecule has 0 saturated heterocycles. The molecule has 81 heavy (non-hydrogen) atoms. The Kier molecular flexibility index (Phi) is 62.9. The standard InChI is InChI=1S/C75H118O6/c1-4-7-10-13-16-19-21-23-25-27-29-31-33-34-35-36-37-38-39-40-42-43-45-47-49-51-53-56-59-62-65-68-74(77)80-71-72(70-79-73(76)67-64-61-58-55-18-15-12-9-6-3)81-75(78)69-66-63-60-57-54-52-50-48-46-44-41-32-30-28-26-24-22-20-17-14-11-8-5-2/h7-8,10-11,16-17,19-20,23-26,29-32,34-35,37-38,40,42,44,46,50,52,57,60,72H,4-6,9,12-15,18,21-22,27-28,33,36,39,41,43,45,47-49,51,53-56,58-59,61-71H2,1-3H3/b10-7-,11-8-,19-16-,20-17-,25-23-,26-24-,31-29-,32-30-,35-34-,38-37-,42-40-,46-44-,52-50-,60-57-. The number of hydrogen-bond donors (Lipinski definition) is 0. The Labute approximate surface area is 498 Å². The third-order valence-electron chi connectivity index (χ3n) is 13.2. The molecule has 0 fully saturated rings. The van der Waals surface area contributed by atoms with Gasteiger partial charge in [0.25, 0.3) is 0 Å². The predicted molar refractivity (Wildman–Crippen MR) is 352 cm³/mol. The van der Waals surface area contributed by atoms with Gasteiger partial charge >= 0.3 is 17.9 Å². The van der Waals surface area contributed by atoms with Gasteiger partial charge in [-0.1, -0.05) is 287 Å². The molecule has 1 unspecified atom stereocenters. The van der Waals surface area contributed by atoms with Crippen LogP contribution in [-0.4, -0.2) is 37.2 Å². The normalized spacial score (nSPS) is 13.3. The van der Waals surface area contributed by atoms with Gasteiger partial charge in [-0.3, -0.25) is 14.4 Å². The molecule has 0 aliphatic heterocycles. The Morgan fingerprint density at radius 2 is 0.494 bits per heavy atom. The number of carbonyl (C=O) groups excluding carboxylic acids is 3. The van der Waals surface area contributed by atoms with Crippen LogP contribution in [0.4, 0.5) is 0 Å². The van der Waals surface area contributed by atoms with E-state index in [4.69, 9.17) is 14.2 Å². The second-order valence-corrected chi connectivity index (χ2v) is 20.9. The van der Waals surface area contributed by atoms with Crippen molar-refractivity contribution < 1.29 is 28.6 Å². The van der Waals surface area contributed by atoms with Gasteiger partial charge in [0.2, 0.25) is 0 Å². The van der Waals surface area contributed by atoms with E-state index >= 15 is 0 Å². The fourth-order valence-corrected chi connectivity index (χ4v) is 8.41. The topological polar surface area (TPSA) is 78.9 Å². The monoisotopic (exact) mass is 1110 g/mol. The molecule has 0 aliphatic rings. The van der Waals surface area contributed by atoms with Crippen LogP contribution in [0.3, 0.4) is 0 Å². The number of rotatable bonds is 57. The van der Waals surface area contributed by atoms with E-state index in [0.717, 1.165) is 141 Å². The van der Waals surface area contributed by atoms with E-state index < -0.39 is 6.10 Å². The Morgan fingerprint density at radius 3 is 0.790 bits per heavy atom. The van der Waals surface area contributed by atoms with Crippen LogP contribution in [0.15, 0.2) is 170 Å². The lowest BCUT2D eigenvalue weighted by atomic mass is 10.1. The minimum Gasteiger partial charge on any atom is -0.462 e. The molecule has 0 amide bonds. The van der Waals surface area contributed by atoms with Gasteiger partial charge in [-0.15, -0.1) is 0 Å². The molecule has 0 saturated carbocycles. The second-order valence-electron chi connectivity index (χ2n) is 20.9. The Hall–Kier alpha value is -5.23. The zero-order valence-electron chi connectivity index (χ0n) is 52.0. The molecule has 0 N–H and O–H groups in total. The van der Waals surface area contributed by atoms with E-state index in [2.05, 4.69) is 191 Å². The summed E-state index contributed by atoms with van der Waals surface area (Å²) in [5.41, 5.74) is 0. The summed E-state index contributed by atoms with van der Waals surface area (Å²) in [4.78, 5) is 38.2. The van der Waals surface area contributed by atoms with Gasteiger partial charge in [-0.2, -0.15) is 0 Å². The zero-order chi connectivity index (χ0) is 58.5. The van der Waals surface area contributed by atoms with E-state index in [0.29, 0.717) is 19.3 Å². The number of hydrogen-bond acceptors (Lipinski definition) is 6. The summed E-state index contributed by atoms with van der Waals surface area (Å²) >= 11 is 0. The van der Waals surface area contributed by atoms with E-state index in [1.54, 1.807) is 0 Å². The van der Waals surface area contributed by atoms with Crippen LogP contribution in [0.2, 0.25) is 0 Å². The fourth-order valence-electron chi connectivity index (χ4n) is 8.41. The Balaban J connectivity index is 4.33. The lowest BCUT2D eigenvalue weighted by Gasteiger charge is -2.18. The van der Waals surface area contributed by atoms with Crippen molar-refractivity contribution in [3.05, 3.63) is 170 Å². The quantitative estimate of drug-likeness (QED) is 0.0261. The SMILES string of the molecule is CC/C=C\C/C=C\C/C=C\C/C=C\C/C=C\C/C=C\C/C=C\CCCCCCCCCCCC(=O)OCC(COC(=O)CCCCCCCCCCC)OC(=O)CCC/C=C\C/C=C\C/C=C\C/C=C\C/C=C\C/C=C\C/C=C\CC. The van der Waals surface area contributed by atoms with Gasteiger partial charge in [0.05, 0.1) is 0 Å². The number of carbonyl (C=O) groups is 3. The predicted octanol–water partition coefficient (Wildman–Crippen LogP) is 22.7. The van der Waals surface area contributed by atoms with Crippen molar-refractivity contribution in [2.75, 3.05) is 13.2 Å². The van der Waals surface area contributed by atoms with Gasteiger partial charge in [0.15, 0.2) is 6.10 Å². The first-order valence-electron chi connectivity index (χ1n) is 32.6. The van der Waals surface area contributed by atoms with Gasteiger partial charge in [0.1, 0.15) is 13.2 Å². The third-order valence-corrected chi connectivity index (χ3v) is 13.2. The summed E-state index contributed by atoms with van der Waals surface area (Å²) in [5.74, 6) is -0.982. The highest BCUT2D eigenvalue weighted by atomic mass is 16.6. The first-order valence-corrected chi connectivity index (χ1v) is 32.6. The van der Waals surface area contributed by atoms with Gasteiger partial charge in [-0.25, -0.2) is 0 Å². The zero-order valence-corrected chi connectivity index (χ0v) is 52.0. The largest absolute Gasteiger partial charge is 0.462 e. The van der Waals surface area contributed by atoms with E-state index in [9.17, 15) is 14.4 Å². The summed E-state index contributed by atoms with van der Waals surface area (Å²) in [6.07, 6.45) is 99.5. The van der Waals surface area contributed by atoms with Crippen molar-refractivity contribution in [1.82, 2.24) is 0 Å². The van der Waals surface area contributed by atoms with Crippen molar-refractivity contribution in [2.24, 2.45) is 0 Å². The van der Waals surface area contributed by atoms with Crippen molar-refractivity contribution >= 4 is 17.9 Å². The maximum atomic E-state index is 12.9. The maximum absolute atomic E-state index is 12.9. The van der Waals surface area contributed by atoms with Crippen molar-refractivity contribution in [3.63, 3.8) is 0 Å². The molecule has 0 bridgehead atoms. The van der Waals surface area contributed by atoms with E-state index in [-0.39, 0.29) is 37.5 Å². The Morgan fingerprint density at radius 1 is 0.259 bits per heavy atom. The Bertz CT molecular complexity index is 1860. The average molecular weight is 1120 g/mol. The van der Waals surface area contributed by atoms with Crippen LogP contribution in [0.25, 0.3) is 0 Å². The molecule has 0 spiro atoms. The molecule has 1 atom stereocenters. The van der Waals surface area contributed by atoms with Gasteiger partial charge < -0.3 is 14.2 Å². The molecule has 0 aliphatic carbocycles. The highest BCUT2D eigenvalue weighted by Gasteiger charge is 2.19. The number of allylic oxidation sites excluding steroid dienone is 28. The minimum absolute atomic E-state index is 0.108. The number of unbranched alkanes of at least 4 members (excludes halogenated alkanes) is 18. The molecule has 0 rings (SSSR count). The highest BCUT2D eigenvalue weighted by molar-refractivity contribution is 5.71. The number of esters is 3. The second kappa shape index (κ2) is 67.3. The third kappa shape index (κ3) is 65.5. The maximum Gasteiger partial charge on any atom is 0.306 e. The molecule has 454 valence electrons. The molecule has 0 aromatic heterocycles. The molecule has 0 aromatic rings. The van der Waals surface area contributed by atoms with Gasteiger partial charge in [0, 0.05) is 19.3 Å². The van der Waals surface area contributed by atoms with Crippen LogP contribution in [-0.2, 0) is 28.6 Å². The first-order chi connectivity index (χ1) is 40.0. The molecule has 0 radical (unpaired) electrons. The lowest BCUT2D eigenvalue weighted by molar-refractivity contribution is -0.167. The summed E-state index contributed by atoms with van der Waals surface area (Å²) in [6.45, 7) is 6.33. The van der Waals surface area contributed by atoms with Crippen molar-refractivity contribution in [1.29, 1.82) is 0 Å². The van der Waals surface area contributed by atoms with Crippen molar-refractivity contribution in [3.8, 4) is 0 Å². The molecular weight excluding hydrogens is 997 g/mol. The van der Waals surface area contributed by atoms with E-state index in [1.165, 1.54) is 77.0 Å². The average Bonchev–Trinajstić information content (AvgIpc) is 3.47. The highest BCUT2D eigenvalue weighted by Crippen LogP contribution is 2.14. The molecular formula is C75H118O6. The molecule has 0 heterocycles. The summed E-state index contributed by atoms with van der Waals surface area (Å²) in [7, 11) is 0. The smallest absolute Gasteiger partial charge is 0.306 e. The summed E-state index contributed by atoms with van der Waals surface area (Å²) in [5, 5.41) is 0. The van der Waals surface area contributed by atoms with E-state index in [1.807, 2.05) is 0 Å². The van der Waals surface area contributed by atoms with Crippen molar-refractivity contribution in [2.45, 2.75) is 271 Å². The lowest BCUT2D eigenvalue weighted by Crippen LogP contribution is -2.30. The fraction of sp³-hybridized carbons (Fsp3) is 0.587. The van der Waals surface area contributed by atoms with Crippen LogP contribution < -0.4 is 0 Å². The van der Waals surface area contributed by atoms with Crippen LogP contribution in [0.1, 0.15) is 265 Å². The minimum atomic E-state index is -0.818. The van der Waals surface area contributed by atoms with Gasteiger partial charge in [-0.05, 0) is 128 Å². The van der Waals surface area contributed by atoms with Crippen LogP contribution >= 0.6 is 0 Å². The summed E-state index contributed by atoms with van der Waals surface area (Å²) < 4.78 is 16.8. The molecule has 0 aromatic carbocycles. The van der Waals surface area contributed by atoms with Crippen LogP contribution in [0.5, 0.6) is 0 Å². The molecule has 6 heteroatoms. The first kappa shape index (κ1) is 75.8. The molecule has 6 nitrogen and oxygen atoms in total. The summed E-state index contributed by atoms with van der Waals surface area (Å²) in [6, 6.07) is 0.